The second-order valence-electron chi connectivity index (χ2n) is 7.83. The minimum absolute atomic E-state index is 0. The number of amides is 1. The number of thioether (sulfide) groups is 1. The summed E-state index contributed by atoms with van der Waals surface area (Å²) in [6.07, 6.45) is 3.20. The van der Waals surface area contributed by atoms with Crippen molar-refractivity contribution in [2.24, 2.45) is 5.92 Å². The number of hydrogen-bond acceptors (Lipinski definition) is 6. The average Bonchev–Trinajstić information content (AvgIpc) is 2.85. The Bertz CT molecular complexity index is 771. The highest BCUT2D eigenvalue weighted by Crippen LogP contribution is 2.27. The molecule has 0 bridgehead atoms. The first-order valence-corrected chi connectivity index (χ1v) is 11.5. The Morgan fingerprint density at radius 3 is 2.58 bits per heavy atom. The van der Waals surface area contributed by atoms with Crippen LogP contribution in [0.2, 0.25) is 0 Å². The highest BCUT2D eigenvalue weighted by molar-refractivity contribution is 7.99. The second-order valence-corrected chi connectivity index (χ2v) is 8.90. The van der Waals surface area contributed by atoms with Gasteiger partial charge in [0.1, 0.15) is 12.6 Å². The fourth-order valence-corrected chi connectivity index (χ4v) is 5.28. The van der Waals surface area contributed by atoms with Crippen LogP contribution in [0.1, 0.15) is 24.8 Å². The first-order chi connectivity index (χ1) is 14.5. The number of nitrogens with zero attached hydrogens (tertiary/aromatic N) is 1. The van der Waals surface area contributed by atoms with E-state index < -0.39 is 36.5 Å². The van der Waals surface area contributed by atoms with Crippen LogP contribution in [0.25, 0.3) is 0 Å². The molecule has 2 heterocycles. The van der Waals surface area contributed by atoms with Crippen molar-refractivity contribution in [1.29, 1.82) is 0 Å². The molecule has 6 N–H and O–H groups in total. The molecule has 1 aromatic rings. The number of carboxylic acid groups (broad SMARTS) is 2. The molecule has 31 heavy (non-hydrogen) atoms. The van der Waals surface area contributed by atoms with Crippen molar-refractivity contribution >= 4 is 35.3 Å². The molecule has 3 rings (SSSR count). The van der Waals surface area contributed by atoms with Crippen LogP contribution in [0, 0.1) is 5.92 Å². The Hall–Kier alpha value is -2.14. The van der Waals surface area contributed by atoms with Crippen molar-refractivity contribution in [3.05, 3.63) is 29.8 Å². The number of aryl methyl sites for hydroxylation is 1. The van der Waals surface area contributed by atoms with Crippen molar-refractivity contribution in [3.8, 4) is 0 Å². The fourth-order valence-electron chi connectivity index (χ4n) is 4.00. The Balaban J connectivity index is 0.00000341. The summed E-state index contributed by atoms with van der Waals surface area (Å²) in [6.45, 7) is 1.56. The highest BCUT2D eigenvalue weighted by Gasteiger charge is 2.34. The number of para-hydroxylation sites is 1. The summed E-state index contributed by atoms with van der Waals surface area (Å²) in [5.74, 6) is -0.627. The van der Waals surface area contributed by atoms with Crippen molar-refractivity contribution < 1.29 is 30.1 Å². The minimum atomic E-state index is -1.11. The molecule has 1 saturated heterocycles. The summed E-state index contributed by atoms with van der Waals surface area (Å²) in [5, 5.41) is 25.3. The van der Waals surface area contributed by atoms with E-state index >= 15 is 0 Å². The molecule has 10 heteroatoms. The Morgan fingerprint density at radius 1 is 1.19 bits per heavy atom. The molecule has 0 aromatic heterocycles. The number of carboxylic acids is 2. The zero-order valence-corrected chi connectivity index (χ0v) is 18.2. The van der Waals surface area contributed by atoms with Gasteiger partial charge < -0.3 is 21.0 Å². The standard InChI is InChI=1S/C21H29N3O5S.H2O/c25-19(26)11-24-18-4-2-1-3-15(18)5-6-16(20(24)27)23-17(21(28)29)13-30-12-14-7-9-22-10-8-14;/h1-4,14,16-17,22-23H,5-13H2,(H,25,26)(H,28,29);1H2/t16?,17-;/m0./s1. The number of piperidine rings is 1. The van der Waals surface area contributed by atoms with Crippen molar-refractivity contribution in [1.82, 2.24) is 10.6 Å². The number of anilines is 1. The topological polar surface area (TPSA) is 150 Å². The van der Waals surface area contributed by atoms with E-state index in [9.17, 15) is 24.6 Å². The van der Waals surface area contributed by atoms with Crippen molar-refractivity contribution in [2.75, 3.05) is 36.0 Å². The predicted molar refractivity (Wildman–Crippen MR) is 120 cm³/mol. The van der Waals surface area contributed by atoms with Crippen molar-refractivity contribution in [2.45, 2.75) is 37.8 Å². The largest absolute Gasteiger partial charge is 0.480 e. The third kappa shape index (κ3) is 6.93. The van der Waals surface area contributed by atoms with Crippen LogP contribution in [-0.4, -0.2) is 76.8 Å². The summed E-state index contributed by atoms with van der Waals surface area (Å²) in [5.41, 5.74) is 1.48. The van der Waals surface area contributed by atoms with Crippen LogP contribution in [0.15, 0.2) is 24.3 Å². The summed E-state index contributed by atoms with van der Waals surface area (Å²) < 4.78 is 0. The molecule has 0 saturated carbocycles. The maximum atomic E-state index is 13.1. The van der Waals surface area contributed by atoms with Gasteiger partial charge in [0.15, 0.2) is 0 Å². The van der Waals surface area contributed by atoms with E-state index in [1.807, 2.05) is 12.1 Å². The Kier molecular flexibility index (Phi) is 9.76. The SMILES string of the molecule is O.O=C(O)CN1C(=O)C(N[C@@H](CSCC2CCNCC2)C(=O)O)CCc2ccccc21. The molecule has 0 radical (unpaired) electrons. The van der Waals surface area contributed by atoms with E-state index in [2.05, 4.69) is 10.6 Å². The number of rotatable bonds is 9. The lowest BCUT2D eigenvalue weighted by atomic mass is 10.0. The molecule has 0 spiro atoms. The van der Waals surface area contributed by atoms with Gasteiger partial charge >= 0.3 is 11.9 Å². The first kappa shape index (κ1) is 25.1. The highest BCUT2D eigenvalue weighted by atomic mass is 32.2. The Labute approximate surface area is 185 Å². The van der Waals surface area contributed by atoms with Gasteiger partial charge in [-0.25, -0.2) is 0 Å². The third-order valence-electron chi connectivity index (χ3n) is 5.64. The van der Waals surface area contributed by atoms with Gasteiger partial charge in [-0.3, -0.25) is 24.6 Å². The lowest BCUT2D eigenvalue weighted by Gasteiger charge is -2.27. The maximum Gasteiger partial charge on any atom is 0.323 e. The zero-order valence-electron chi connectivity index (χ0n) is 17.4. The summed E-state index contributed by atoms with van der Waals surface area (Å²) >= 11 is 1.60. The molecule has 1 fully saturated rings. The van der Waals surface area contributed by atoms with Crippen LogP contribution in [-0.2, 0) is 20.8 Å². The summed E-state index contributed by atoms with van der Waals surface area (Å²) in [4.78, 5) is 37.5. The first-order valence-electron chi connectivity index (χ1n) is 10.3. The number of aliphatic carboxylic acids is 2. The van der Waals surface area contributed by atoms with Gasteiger partial charge in [0.25, 0.3) is 0 Å². The van der Waals surface area contributed by atoms with Gasteiger partial charge in [-0.15, -0.1) is 0 Å². The van der Waals surface area contributed by atoms with Crippen LogP contribution in [0.5, 0.6) is 0 Å². The normalized spacial score (nSPS) is 20.3. The quantitative estimate of drug-likeness (QED) is 0.419. The Morgan fingerprint density at radius 2 is 1.90 bits per heavy atom. The molecule has 0 aliphatic carbocycles. The average molecular weight is 454 g/mol. The predicted octanol–water partition coefficient (Wildman–Crippen LogP) is 0.370. The minimum Gasteiger partial charge on any atom is -0.480 e. The fraction of sp³-hybridized carbons (Fsp3) is 0.571. The number of carbonyl (C=O) groups excluding carboxylic acids is 1. The van der Waals surface area contributed by atoms with E-state index in [-0.39, 0.29) is 5.48 Å². The molecule has 1 aromatic carbocycles. The molecular formula is C21H31N3O6S. The van der Waals surface area contributed by atoms with Crippen molar-refractivity contribution in [3.63, 3.8) is 0 Å². The summed E-state index contributed by atoms with van der Waals surface area (Å²) in [7, 11) is 0. The molecule has 1 amide bonds. The van der Waals surface area contributed by atoms with Crippen LogP contribution >= 0.6 is 11.8 Å². The van der Waals surface area contributed by atoms with Gasteiger partial charge in [0.05, 0.1) is 6.04 Å². The van der Waals surface area contributed by atoms with Gasteiger partial charge in [0.2, 0.25) is 5.91 Å². The number of nitrogens with one attached hydrogen (secondary N) is 2. The van der Waals surface area contributed by atoms with Gasteiger partial charge in [-0.1, -0.05) is 18.2 Å². The summed E-state index contributed by atoms with van der Waals surface area (Å²) in [6, 6.07) is 5.64. The maximum absolute atomic E-state index is 13.1. The van der Waals surface area contributed by atoms with E-state index in [0.29, 0.717) is 30.2 Å². The van der Waals surface area contributed by atoms with Crippen LogP contribution < -0.4 is 15.5 Å². The molecule has 2 aliphatic rings. The zero-order chi connectivity index (χ0) is 21.5. The van der Waals surface area contributed by atoms with Gasteiger partial charge in [0, 0.05) is 11.4 Å². The number of hydrogen-bond donors (Lipinski definition) is 4. The smallest absolute Gasteiger partial charge is 0.323 e. The molecule has 1 unspecified atom stereocenters. The van der Waals surface area contributed by atoms with E-state index in [1.54, 1.807) is 23.9 Å². The third-order valence-corrected chi connectivity index (χ3v) is 6.92. The molecular weight excluding hydrogens is 422 g/mol. The molecule has 2 atom stereocenters. The monoisotopic (exact) mass is 453 g/mol. The van der Waals surface area contributed by atoms with Crippen LogP contribution in [0.3, 0.4) is 0 Å². The lowest BCUT2D eigenvalue weighted by molar-refractivity contribution is -0.140. The van der Waals surface area contributed by atoms with E-state index in [0.717, 1.165) is 37.2 Å². The van der Waals surface area contributed by atoms with Crippen LogP contribution in [0.4, 0.5) is 5.69 Å². The van der Waals surface area contributed by atoms with Gasteiger partial charge in [-0.05, 0) is 62.1 Å². The second kappa shape index (κ2) is 12.0. The molecule has 172 valence electrons. The lowest BCUT2D eigenvalue weighted by Crippen LogP contribution is -2.53. The molecule has 9 nitrogen and oxygen atoms in total. The van der Waals surface area contributed by atoms with E-state index in [1.165, 1.54) is 4.90 Å². The van der Waals surface area contributed by atoms with Gasteiger partial charge in [-0.2, -0.15) is 11.8 Å². The number of fused-ring (bicyclic) bond motifs is 1. The molecule has 2 aliphatic heterocycles. The number of carbonyl (C=O) groups is 3. The number of benzene rings is 1. The van der Waals surface area contributed by atoms with E-state index in [4.69, 9.17) is 0 Å².